The molecule has 2 aromatic heterocycles. The Morgan fingerprint density at radius 3 is 2.72 bits per heavy atom. The van der Waals surface area contributed by atoms with Crippen molar-refractivity contribution >= 4 is 34.7 Å². The number of pyridine rings is 1. The Kier molecular flexibility index (Phi) is 6.17. The average molecular weight is 433 g/mol. The molecule has 1 saturated heterocycles. The van der Waals surface area contributed by atoms with Crippen LogP contribution in [0, 0.1) is 11.6 Å². The van der Waals surface area contributed by atoms with Gasteiger partial charge in [0.2, 0.25) is 0 Å². The highest BCUT2D eigenvalue weighted by Crippen LogP contribution is 2.34. The van der Waals surface area contributed by atoms with Crippen LogP contribution in [0.5, 0.6) is 0 Å². The van der Waals surface area contributed by atoms with Crippen LogP contribution in [0.2, 0.25) is 0 Å². The number of hydrogen-bond donors (Lipinski definition) is 2. The van der Waals surface area contributed by atoms with Gasteiger partial charge in [-0.1, -0.05) is 6.07 Å². The van der Waals surface area contributed by atoms with Crippen LogP contribution in [0.25, 0.3) is 10.6 Å². The zero-order valence-electron chi connectivity index (χ0n) is 15.3. The summed E-state index contributed by atoms with van der Waals surface area (Å²) in [6.07, 6.45) is 5.42. The van der Waals surface area contributed by atoms with Crippen LogP contribution in [0.15, 0.2) is 46.9 Å². The van der Waals surface area contributed by atoms with E-state index in [2.05, 4.69) is 20.6 Å². The maximum absolute atomic E-state index is 14.0. The molecule has 2 N–H and O–H groups in total. The summed E-state index contributed by atoms with van der Waals surface area (Å²) in [5, 5.41) is 8.26. The van der Waals surface area contributed by atoms with Crippen molar-refractivity contribution < 1.29 is 13.6 Å². The largest absolute Gasteiger partial charge is 0.318 e. The molecule has 1 aliphatic heterocycles. The summed E-state index contributed by atoms with van der Waals surface area (Å²) in [4.78, 5) is 21.9. The highest BCUT2D eigenvalue weighted by molar-refractivity contribution is 8.00. The van der Waals surface area contributed by atoms with Crippen LogP contribution in [0.3, 0.4) is 0 Å². The lowest BCUT2D eigenvalue weighted by molar-refractivity contribution is 0.102. The molecule has 150 valence electrons. The zero-order valence-corrected chi connectivity index (χ0v) is 17.0. The maximum atomic E-state index is 14.0. The fourth-order valence-corrected chi connectivity index (χ4v) is 5.10. The Morgan fingerprint density at radius 1 is 1.21 bits per heavy atom. The molecule has 9 heteroatoms. The summed E-state index contributed by atoms with van der Waals surface area (Å²) in [6, 6.07) is 5.50. The van der Waals surface area contributed by atoms with Gasteiger partial charge in [-0.25, -0.2) is 13.8 Å². The minimum absolute atomic E-state index is 0.106. The van der Waals surface area contributed by atoms with Crippen LogP contribution in [0.4, 0.5) is 14.5 Å². The van der Waals surface area contributed by atoms with E-state index in [0.717, 1.165) is 42.2 Å². The van der Waals surface area contributed by atoms with E-state index in [9.17, 15) is 13.6 Å². The van der Waals surface area contributed by atoms with E-state index < -0.39 is 17.5 Å². The number of nitrogens with one attached hydrogen (secondary N) is 2. The summed E-state index contributed by atoms with van der Waals surface area (Å²) >= 11 is 2.75. The number of nitrogens with zero attached hydrogens (tertiary/aromatic N) is 2. The monoisotopic (exact) mass is 432 g/mol. The molecular formula is C20H18F2N4OS2. The molecule has 1 aliphatic rings. The second kappa shape index (κ2) is 8.98. The molecule has 5 nitrogen and oxygen atoms in total. The molecule has 0 spiro atoms. The number of rotatable bonds is 5. The third-order valence-electron chi connectivity index (χ3n) is 4.52. The first-order chi connectivity index (χ1) is 14.1. The van der Waals surface area contributed by atoms with Crippen molar-refractivity contribution in [1.29, 1.82) is 0 Å². The second-order valence-corrected chi connectivity index (χ2v) is 8.73. The third-order valence-corrected chi connectivity index (χ3v) is 6.80. The van der Waals surface area contributed by atoms with Crippen molar-refractivity contribution in [2.45, 2.75) is 23.0 Å². The van der Waals surface area contributed by atoms with Gasteiger partial charge in [0, 0.05) is 21.7 Å². The van der Waals surface area contributed by atoms with E-state index >= 15 is 0 Å². The number of piperidine rings is 1. The molecule has 3 aromatic rings. The fraction of sp³-hybridized carbons (Fsp3) is 0.250. The highest BCUT2D eigenvalue weighted by atomic mass is 32.2. The number of aromatic nitrogens is 2. The summed E-state index contributed by atoms with van der Waals surface area (Å²) in [7, 11) is 0. The van der Waals surface area contributed by atoms with Gasteiger partial charge < -0.3 is 10.6 Å². The van der Waals surface area contributed by atoms with Crippen LogP contribution >= 0.6 is 23.1 Å². The van der Waals surface area contributed by atoms with E-state index in [1.165, 1.54) is 23.6 Å². The first kappa shape index (κ1) is 19.9. The lowest BCUT2D eigenvalue weighted by atomic mass is 10.2. The highest BCUT2D eigenvalue weighted by Gasteiger charge is 2.20. The molecule has 0 unspecified atom stereocenters. The van der Waals surface area contributed by atoms with E-state index in [4.69, 9.17) is 0 Å². The van der Waals surface area contributed by atoms with E-state index in [0.29, 0.717) is 10.9 Å². The van der Waals surface area contributed by atoms with Gasteiger partial charge in [-0.05, 0) is 44.1 Å². The maximum Gasteiger partial charge on any atom is 0.275 e. The van der Waals surface area contributed by atoms with Crippen molar-refractivity contribution in [3.05, 3.63) is 59.4 Å². The number of thioether (sulfide) groups is 1. The average Bonchev–Trinajstić information content (AvgIpc) is 3.20. The Hall–Kier alpha value is -2.36. The van der Waals surface area contributed by atoms with E-state index in [1.54, 1.807) is 24.2 Å². The van der Waals surface area contributed by atoms with Crippen molar-refractivity contribution in [2.24, 2.45) is 0 Å². The molecule has 0 radical (unpaired) electrons. The quantitative estimate of drug-likeness (QED) is 0.618. The predicted molar refractivity (Wildman–Crippen MR) is 111 cm³/mol. The number of thiazole rings is 1. The number of benzene rings is 1. The van der Waals surface area contributed by atoms with Gasteiger partial charge in [0.05, 0.1) is 17.4 Å². The molecule has 0 aliphatic carbocycles. The molecule has 0 bridgehead atoms. The standard InChI is InChI=1S/C20H18F2N4OS2/c21-13-2-1-3-14(22)18(13)20-26-16(11-28-20)19(27)25-15-10-24-9-6-17(15)29-12-4-7-23-8-5-12/h1-3,6,9-12,23H,4-5,7-8H2,(H,25,27). The fourth-order valence-electron chi connectivity index (χ4n) is 3.05. The van der Waals surface area contributed by atoms with Crippen LogP contribution in [0.1, 0.15) is 23.3 Å². The number of amides is 1. The summed E-state index contributed by atoms with van der Waals surface area (Å²) in [5.74, 6) is -1.86. The number of carbonyl (C=O) groups excluding carboxylic acids is 1. The Labute approximate surface area is 175 Å². The van der Waals surface area contributed by atoms with Gasteiger partial charge in [0.1, 0.15) is 22.3 Å². The molecule has 1 fully saturated rings. The predicted octanol–water partition coefficient (Wildman–Crippen LogP) is 4.58. The van der Waals surface area contributed by atoms with E-state index in [1.807, 2.05) is 6.07 Å². The van der Waals surface area contributed by atoms with Gasteiger partial charge >= 0.3 is 0 Å². The summed E-state index contributed by atoms with van der Waals surface area (Å²) < 4.78 is 28.0. The molecular weight excluding hydrogens is 414 g/mol. The molecule has 3 heterocycles. The van der Waals surface area contributed by atoms with Gasteiger partial charge in [-0.3, -0.25) is 9.78 Å². The smallest absolute Gasteiger partial charge is 0.275 e. The third kappa shape index (κ3) is 4.63. The molecule has 0 atom stereocenters. The SMILES string of the molecule is O=C(Nc1cnccc1SC1CCNCC1)c1csc(-c2c(F)cccc2F)n1. The van der Waals surface area contributed by atoms with Crippen molar-refractivity contribution in [3.63, 3.8) is 0 Å². The Morgan fingerprint density at radius 2 is 1.97 bits per heavy atom. The first-order valence-electron chi connectivity index (χ1n) is 9.14. The second-order valence-electron chi connectivity index (χ2n) is 6.53. The molecule has 4 rings (SSSR count). The van der Waals surface area contributed by atoms with Gasteiger partial charge in [0.25, 0.3) is 5.91 Å². The van der Waals surface area contributed by atoms with Crippen molar-refractivity contribution in [2.75, 3.05) is 18.4 Å². The lowest BCUT2D eigenvalue weighted by Gasteiger charge is -2.22. The molecule has 29 heavy (non-hydrogen) atoms. The minimum atomic E-state index is -0.709. The van der Waals surface area contributed by atoms with E-state index in [-0.39, 0.29) is 16.3 Å². The summed E-state index contributed by atoms with van der Waals surface area (Å²) in [5.41, 5.74) is 0.488. The van der Waals surface area contributed by atoms with Crippen LogP contribution < -0.4 is 10.6 Å². The summed E-state index contributed by atoms with van der Waals surface area (Å²) in [6.45, 7) is 1.97. The van der Waals surface area contributed by atoms with Gasteiger partial charge in [-0.15, -0.1) is 23.1 Å². The topological polar surface area (TPSA) is 66.9 Å². The molecule has 1 aromatic carbocycles. The van der Waals surface area contributed by atoms with Gasteiger partial charge in [-0.2, -0.15) is 0 Å². The Bertz CT molecular complexity index is 1000. The number of anilines is 1. The Balaban J connectivity index is 1.51. The van der Waals surface area contributed by atoms with Gasteiger partial charge in [0.15, 0.2) is 0 Å². The molecule has 1 amide bonds. The lowest BCUT2D eigenvalue weighted by Crippen LogP contribution is -2.29. The molecule has 0 saturated carbocycles. The number of halogens is 2. The van der Waals surface area contributed by atoms with Crippen LogP contribution in [-0.4, -0.2) is 34.2 Å². The van der Waals surface area contributed by atoms with Crippen molar-refractivity contribution in [1.82, 2.24) is 15.3 Å². The number of carbonyl (C=O) groups is 1. The first-order valence-corrected chi connectivity index (χ1v) is 10.9. The minimum Gasteiger partial charge on any atom is -0.318 e. The van der Waals surface area contributed by atoms with Crippen molar-refractivity contribution in [3.8, 4) is 10.6 Å². The zero-order chi connectivity index (χ0) is 20.2. The number of hydrogen-bond acceptors (Lipinski definition) is 6. The normalized spacial score (nSPS) is 14.7. The van der Waals surface area contributed by atoms with Crippen LogP contribution in [-0.2, 0) is 0 Å².